The Morgan fingerprint density at radius 2 is 1.92 bits per heavy atom. The Morgan fingerprint density at radius 3 is 2.58 bits per heavy atom. The van der Waals surface area contributed by atoms with Gasteiger partial charge in [0.1, 0.15) is 5.75 Å². The minimum absolute atomic E-state index is 0.603. The molecule has 0 aliphatic carbocycles. The molecule has 0 saturated carbocycles. The van der Waals surface area contributed by atoms with Gasteiger partial charge in [-0.05, 0) is 47.9 Å². The maximum Gasteiger partial charge on any atom is 0.217 e. The highest BCUT2D eigenvalue weighted by Gasteiger charge is 2.18. The molecular formula is C18H21N5OS2. The van der Waals surface area contributed by atoms with Crippen molar-refractivity contribution in [1.82, 2.24) is 19.7 Å². The van der Waals surface area contributed by atoms with Crippen LogP contribution < -0.4 is 9.64 Å². The van der Waals surface area contributed by atoms with Gasteiger partial charge in [0, 0.05) is 31.9 Å². The van der Waals surface area contributed by atoms with Crippen molar-refractivity contribution >= 4 is 29.2 Å². The van der Waals surface area contributed by atoms with Crippen LogP contribution in [0.5, 0.6) is 5.75 Å². The molecule has 4 rings (SSSR count). The van der Waals surface area contributed by atoms with E-state index in [0.717, 1.165) is 49.3 Å². The minimum Gasteiger partial charge on any atom is -0.497 e. The molecule has 2 aromatic heterocycles. The van der Waals surface area contributed by atoms with Crippen molar-refractivity contribution in [2.24, 2.45) is 0 Å². The number of rotatable bonds is 5. The number of hydrogen-bond donors (Lipinski definition) is 1. The molecule has 3 heterocycles. The first kappa shape index (κ1) is 17.3. The Hall–Kier alpha value is -2.16. The van der Waals surface area contributed by atoms with E-state index in [1.54, 1.807) is 18.4 Å². The van der Waals surface area contributed by atoms with Crippen LogP contribution in [-0.4, -0.2) is 53.0 Å². The van der Waals surface area contributed by atoms with Gasteiger partial charge < -0.3 is 9.64 Å². The van der Waals surface area contributed by atoms with Gasteiger partial charge >= 0.3 is 0 Å². The predicted molar refractivity (Wildman–Crippen MR) is 108 cm³/mol. The fourth-order valence-electron chi connectivity index (χ4n) is 3.12. The summed E-state index contributed by atoms with van der Waals surface area (Å²) >= 11 is 7.08. The van der Waals surface area contributed by atoms with Crippen LogP contribution in [0.3, 0.4) is 0 Å². The fraction of sp³-hybridized carbons (Fsp3) is 0.333. The zero-order chi connectivity index (χ0) is 17.9. The fourth-order valence-corrected chi connectivity index (χ4v) is 3.97. The third-order valence-corrected chi connectivity index (χ3v) is 5.77. The number of thiophene rings is 1. The number of hydrogen-bond acceptors (Lipinski definition) is 6. The van der Waals surface area contributed by atoms with Crippen LogP contribution in [0.1, 0.15) is 0 Å². The number of anilines is 1. The van der Waals surface area contributed by atoms with Crippen LogP contribution in [0.15, 0.2) is 41.8 Å². The molecule has 1 aliphatic rings. The third-order valence-electron chi connectivity index (χ3n) is 4.59. The summed E-state index contributed by atoms with van der Waals surface area (Å²) in [5, 5.41) is 5.37. The summed E-state index contributed by atoms with van der Waals surface area (Å²) in [5.74, 6) is 1.74. The molecule has 0 amide bonds. The highest BCUT2D eigenvalue weighted by atomic mass is 32.1. The minimum atomic E-state index is 0.603. The van der Waals surface area contributed by atoms with Gasteiger partial charge in [0.05, 0.1) is 18.7 Å². The van der Waals surface area contributed by atoms with Crippen molar-refractivity contribution in [3.8, 4) is 16.5 Å². The second kappa shape index (κ2) is 7.61. The second-order valence-electron chi connectivity index (χ2n) is 6.20. The summed E-state index contributed by atoms with van der Waals surface area (Å²) in [7, 11) is 1.69. The van der Waals surface area contributed by atoms with Gasteiger partial charge in [-0.15, -0.1) is 11.3 Å². The molecule has 0 spiro atoms. The van der Waals surface area contributed by atoms with E-state index in [1.165, 1.54) is 5.69 Å². The summed E-state index contributed by atoms with van der Waals surface area (Å²) in [6.07, 6.45) is 0. The molecule has 1 aliphatic heterocycles. The van der Waals surface area contributed by atoms with Crippen molar-refractivity contribution in [2.75, 3.05) is 38.2 Å². The Labute approximate surface area is 161 Å². The lowest BCUT2D eigenvalue weighted by atomic mass is 10.2. The summed E-state index contributed by atoms with van der Waals surface area (Å²) in [5.41, 5.74) is 1.24. The molecule has 1 fully saturated rings. The van der Waals surface area contributed by atoms with E-state index in [0.29, 0.717) is 4.77 Å². The number of piperazine rings is 1. The molecule has 1 N–H and O–H groups in total. The SMILES string of the molecule is COc1ccc(N2CCN(Cn3[nH]c(-c4cccs4)nc3=S)CC2)cc1. The normalized spacial score (nSPS) is 15.3. The lowest BCUT2D eigenvalue weighted by Gasteiger charge is -2.36. The molecular weight excluding hydrogens is 366 g/mol. The molecule has 0 atom stereocenters. The maximum atomic E-state index is 5.41. The largest absolute Gasteiger partial charge is 0.497 e. The van der Waals surface area contributed by atoms with Crippen LogP contribution in [0.4, 0.5) is 5.69 Å². The zero-order valence-electron chi connectivity index (χ0n) is 14.6. The van der Waals surface area contributed by atoms with Gasteiger partial charge in [-0.2, -0.15) is 4.98 Å². The summed E-state index contributed by atoms with van der Waals surface area (Å²) in [4.78, 5) is 10.4. The molecule has 1 aromatic carbocycles. The summed E-state index contributed by atoms with van der Waals surface area (Å²) in [6, 6.07) is 12.3. The van der Waals surface area contributed by atoms with Crippen LogP contribution >= 0.6 is 23.6 Å². The Kier molecular flexibility index (Phi) is 5.05. The van der Waals surface area contributed by atoms with Crippen LogP contribution in [0.25, 0.3) is 10.7 Å². The van der Waals surface area contributed by atoms with Crippen molar-refractivity contribution in [3.63, 3.8) is 0 Å². The third kappa shape index (κ3) is 3.67. The van der Waals surface area contributed by atoms with Gasteiger partial charge in [-0.25, -0.2) is 4.68 Å². The van der Waals surface area contributed by atoms with E-state index < -0.39 is 0 Å². The van der Waals surface area contributed by atoms with Gasteiger partial charge in [0.15, 0.2) is 5.82 Å². The lowest BCUT2D eigenvalue weighted by molar-refractivity contribution is 0.194. The van der Waals surface area contributed by atoms with Gasteiger partial charge in [-0.3, -0.25) is 10.00 Å². The van der Waals surface area contributed by atoms with Crippen molar-refractivity contribution in [3.05, 3.63) is 46.5 Å². The van der Waals surface area contributed by atoms with Crippen LogP contribution in [0, 0.1) is 4.77 Å². The molecule has 1 saturated heterocycles. The number of H-pyrrole nitrogens is 1. The zero-order valence-corrected chi connectivity index (χ0v) is 16.2. The summed E-state index contributed by atoms with van der Waals surface area (Å²) in [6.45, 7) is 4.70. The number of nitrogens with one attached hydrogen (secondary N) is 1. The van der Waals surface area contributed by atoms with Gasteiger partial charge in [0.25, 0.3) is 0 Å². The number of nitrogens with zero attached hydrogens (tertiary/aromatic N) is 4. The van der Waals surface area contributed by atoms with E-state index in [-0.39, 0.29) is 0 Å². The molecule has 0 unspecified atom stereocenters. The molecule has 3 aromatic rings. The first-order valence-corrected chi connectivity index (χ1v) is 9.84. The molecule has 0 bridgehead atoms. The molecule has 136 valence electrons. The molecule has 26 heavy (non-hydrogen) atoms. The monoisotopic (exact) mass is 387 g/mol. The first-order valence-electron chi connectivity index (χ1n) is 8.55. The molecule has 0 radical (unpaired) electrons. The average Bonchev–Trinajstić information content (AvgIpc) is 3.33. The van der Waals surface area contributed by atoms with Gasteiger partial charge in [-0.1, -0.05) is 6.07 Å². The number of benzene rings is 1. The molecule has 6 nitrogen and oxygen atoms in total. The summed E-state index contributed by atoms with van der Waals surface area (Å²) < 4.78 is 7.79. The Balaban J connectivity index is 1.37. The smallest absolute Gasteiger partial charge is 0.217 e. The van der Waals surface area contributed by atoms with E-state index >= 15 is 0 Å². The van der Waals surface area contributed by atoms with Crippen LogP contribution in [0.2, 0.25) is 0 Å². The number of methoxy groups -OCH3 is 1. The van der Waals surface area contributed by atoms with Crippen molar-refractivity contribution < 1.29 is 4.74 Å². The number of ether oxygens (including phenoxy) is 1. The van der Waals surface area contributed by atoms with E-state index in [9.17, 15) is 0 Å². The van der Waals surface area contributed by atoms with Gasteiger partial charge in [0.2, 0.25) is 4.77 Å². The highest BCUT2D eigenvalue weighted by molar-refractivity contribution is 7.71. The highest BCUT2D eigenvalue weighted by Crippen LogP contribution is 2.22. The number of aromatic nitrogens is 3. The predicted octanol–water partition coefficient (Wildman–Crippen LogP) is 3.46. The Morgan fingerprint density at radius 1 is 1.15 bits per heavy atom. The standard InChI is InChI=1S/C18H21N5OS2/c1-24-15-6-4-14(5-7-15)22-10-8-21(9-11-22)13-23-18(25)19-17(20-23)16-3-2-12-26-16/h2-7,12H,8-11,13H2,1H3,(H,19,20,25). The quantitative estimate of drug-likeness (QED) is 0.680. The topological polar surface area (TPSA) is 49.3 Å². The van der Waals surface area contributed by atoms with Crippen LogP contribution in [-0.2, 0) is 6.67 Å². The van der Waals surface area contributed by atoms with Crippen molar-refractivity contribution in [2.45, 2.75) is 6.67 Å². The average molecular weight is 388 g/mol. The van der Waals surface area contributed by atoms with E-state index in [4.69, 9.17) is 17.0 Å². The Bertz CT molecular complexity index is 893. The van der Waals surface area contributed by atoms with E-state index in [1.807, 2.05) is 28.3 Å². The maximum absolute atomic E-state index is 5.41. The second-order valence-corrected chi connectivity index (χ2v) is 7.52. The molecule has 8 heteroatoms. The van der Waals surface area contributed by atoms with E-state index in [2.05, 4.69) is 38.1 Å². The lowest BCUT2D eigenvalue weighted by Crippen LogP contribution is -2.46. The number of aromatic amines is 1. The van der Waals surface area contributed by atoms with Crippen molar-refractivity contribution in [1.29, 1.82) is 0 Å². The first-order chi connectivity index (χ1) is 12.7.